The Morgan fingerprint density at radius 3 is 2.76 bits per heavy atom. The number of hydrogen-bond acceptors (Lipinski definition) is 4. The van der Waals surface area contributed by atoms with E-state index in [-0.39, 0.29) is 22.9 Å². The van der Waals surface area contributed by atoms with Crippen molar-refractivity contribution >= 4 is 22.9 Å². The number of benzene rings is 1. The van der Waals surface area contributed by atoms with Crippen molar-refractivity contribution < 1.29 is 14.3 Å². The lowest BCUT2D eigenvalue weighted by atomic mass is 9.70. The molecular weight excluding hydrogens is 332 g/mol. The van der Waals surface area contributed by atoms with Gasteiger partial charge in [0.25, 0.3) is 0 Å². The average molecular weight is 352 g/mol. The molecule has 0 unspecified atom stereocenters. The molecule has 3 nitrogen and oxygen atoms in total. The van der Waals surface area contributed by atoms with Crippen LogP contribution in [0, 0.1) is 5.41 Å². The molecule has 4 rings (SSSR count). The van der Waals surface area contributed by atoms with Gasteiger partial charge in [-0.2, -0.15) is 0 Å². The zero-order valence-electron chi connectivity index (χ0n) is 14.4. The summed E-state index contributed by atoms with van der Waals surface area (Å²) in [5.74, 6) is 1.52. The van der Waals surface area contributed by atoms with Crippen molar-refractivity contribution in [3.63, 3.8) is 0 Å². The number of thiophene rings is 1. The molecule has 0 radical (unpaired) electrons. The van der Waals surface area contributed by atoms with Gasteiger partial charge in [0.15, 0.2) is 11.6 Å². The third-order valence-corrected chi connectivity index (χ3v) is 5.85. The van der Waals surface area contributed by atoms with Gasteiger partial charge in [-0.25, -0.2) is 0 Å². The summed E-state index contributed by atoms with van der Waals surface area (Å²) in [7, 11) is 0. The molecule has 25 heavy (non-hydrogen) atoms. The fourth-order valence-electron chi connectivity index (χ4n) is 3.84. The Kier molecular flexibility index (Phi) is 3.88. The van der Waals surface area contributed by atoms with Crippen LogP contribution in [0.1, 0.15) is 54.3 Å². The van der Waals surface area contributed by atoms with Crippen LogP contribution in [0.4, 0.5) is 0 Å². The molecule has 0 saturated heterocycles. The van der Waals surface area contributed by atoms with Crippen LogP contribution in [0.3, 0.4) is 0 Å². The van der Waals surface area contributed by atoms with E-state index in [2.05, 4.69) is 13.8 Å². The summed E-state index contributed by atoms with van der Waals surface area (Å²) in [5.41, 5.74) is 1.55. The Morgan fingerprint density at radius 1 is 1.20 bits per heavy atom. The van der Waals surface area contributed by atoms with Gasteiger partial charge < -0.3 is 4.74 Å². The second-order valence-corrected chi connectivity index (χ2v) is 8.52. The Morgan fingerprint density at radius 2 is 2.00 bits per heavy atom. The van der Waals surface area contributed by atoms with E-state index in [1.165, 1.54) is 11.3 Å². The maximum Gasteiger partial charge on any atom is 0.173 e. The third-order valence-electron chi connectivity index (χ3n) is 4.94. The molecule has 0 amide bonds. The van der Waals surface area contributed by atoms with E-state index in [1.54, 1.807) is 0 Å². The summed E-state index contributed by atoms with van der Waals surface area (Å²) in [6, 6.07) is 11.5. The minimum Gasteiger partial charge on any atom is -0.461 e. The highest BCUT2D eigenvalue weighted by Gasteiger charge is 2.41. The van der Waals surface area contributed by atoms with Crippen molar-refractivity contribution in [3.8, 4) is 5.75 Å². The van der Waals surface area contributed by atoms with E-state index in [0.29, 0.717) is 18.4 Å². The minimum atomic E-state index is -0.210. The smallest absolute Gasteiger partial charge is 0.173 e. The standard InChI is InChI=1S/C21H20O3S/c1-21(2)11-16(23)20-14(10-15(22)19-8-5-9-25-19)13-6-3-4-7-17(13)24-18(20)12-21/h3-9,14H,10-12H2,1-2H3/t14-/m1/s1. The van der Waals surface area contributed by atoms with Gasteiger partial charge in [0.2, 0.25) is 0 Å². The molecule has 128 valence electrons. The first-order valence-corrected chi connectivity index (χ1v) is 9.42. The Hall–Kier alpha value is -2.20. The predicted octanol–water partition coefficient (Wildman–Crippen LogP) is 5.14. The van der Waals surface area contributed by atoms with Crippen molar-refractivity contribution in [2.45, 2.75) is 39.0 Å². The molecule has 2 aromatic rings. The molecule has 4 heteroatoms. The number of carbonyl (C=O) groups excluding carboxylic acids is 2. The molecule has 2 aliphatic rings. The molecule has 0 bridgehead atoms. The average Bonchev–Trinajstić information content (AvgIpc) is 3.07. The van der Waals surface area contributed by atoms with E-state index >= 15 is 0 Å². The fourth-order valence-corrected chi connectivity index (χ4v) is 4.52. The van der Waals surface area contributed by atoms with Crippen LogP contribution in [0.15, 0.2) is 53.1 Å². The Balaban J connectivity index is 1.77. The molecule has 1 aromatic heterocycles. The third kappa shape index (κ3) is 2.95. The molecule has 1 aliphatic carbocycles. The number of carbonyl (C=O) groups is 2. The number of ketones is 2. The van der Waals surface area contributed by atoms with E-state index in [0.717, 1.165) is 28.4 Å². The monoisotopic (exact) mass is 352 g/mol. The predicted molar refractivity (Wildman–Crippen MR) is 98.1 cm³/mol. The molecule has 0 saturated carbocycles. The van der Waals surface area contributed by atoms with E-state index in [1.807, 2.05) is 41.8 Å². The fraction of sp³-hybridized carbons (Fsp3) is 0.333. The topological polar surface area (TPSA) is 43.4 Å². The van der Waals surface area contributed by atoms with Crippen LogP contribution in [0.25, 0.3) is 0 Å². The number of ether oxygens (including phenoxy) is 1. The molecule has 2 heterocycles. The molecule has 1 aromatic carbocycles. The summed E-state index contributed by atoms with van der Waals surface area (Å²) in [4.78, 5) is 26.4. The maximum absolute atomic E-state index is 12.9. The molecule has 1 aliphatic heterocycles. The van der Waals surface area contributed by atoms with Crippen LogP contribution >= 0.6 is 11.3 Å². The summed E-state index contributed by atoms with van der Waals surface area (Å²) < 4.78 is 6.09. The Labute approximate surface area is 151 Å². The minimum absolute atomic E-state index is 0.0844. The van der Waals surface area contributed by atoms with Gasteiger partial charge in [-0.1, -0.05) is 38.1 Å². The van der Waals surface area contributed by atoms with Crippen molar-refractivity contribution in [2.75, 3.05) is 0 Å². The quantitative estimate of drug-likeness (QED) is 0.718. The van der Waals surface area contributed by atoms with E-state index in [4.69, 9.17) is 4.74 Å². The van der Waals surface area contributed by atoms with Crippen molar-refractivity contribution in [1.29, 1.82) is 0 Å². The molecule has 0 fully saturated rings. The summed E-state index contributed by atoms with van der Waals surface area (Å²) in [6.07, 6.45) is 1.54. The second-order valence-electron chi connectivity index (χ2n) is 7.57. The van der Waals surface area contributed by atoms with Gasteiger partial charge in [-0.05, 0) is 22.9 Å². The highest BCUT2D eigenvalue weighted by atomic mass is 32.1. The van der Waals surface area contributed by atoms with Crippen molar-refractivity contribution in [1.82, 2.24) is 0 Å². The Bertz CT molecular complexity index is 874. The lowest BCUT2D eigenvalue weighted by molar-refractivity contribution is -0.118. The van der Waals surface area contributed by atoms with Crippen LogP contribution < -0.4 is 4.74 Å². The normalized spacial score (nSPS) is 21.4. The largest absolute Gasteiger partial charge is 0.461 e. The SMILES string of the molecule is CC1(C)CC(=O)C2=C(C1)Oc1ccccc1[C@H]2CC(=O)c1cccs1. The number of para-hydroxylation sites is 1. The molecule has 1 atom stereocenters. The highest BCUT2D eigenvalue weighted by Crippen LogP contribution is 2.49. The van der Waals surface area contributed by atoms with Crippen LogP contribution in [-0.2, 0) is 4.79 Å². The number of Topliss-reactive ketones (excluding diaryl/α,β-unsaturated/α-hetero) is 2. The number of rotatable bonds is 3. The number of hydrogen-bond donors (Lipinski definition) is 0. The summed E-state index contributed by atoms with van der Waals surface area (Å²) in [5, 5.41) is 1.91. The zero-order valence-corrected chi connectivity index (χ0v) is 15.2. The first-order chi connectivity index (χ1) is 11.9. The van der Waals surface area contributed by atoms with Gasteiger partial charge in [-0.3, -0.25) is 9.59 Å². The first kappa shape index (κ1) is 16.3. The van der Waals surface area contributed by atoms with Gasteiger partial charge in [0, 0.05) is 36.3 Å². The van der Waals surface area contributed by atoms with Crippen molar-refractivity contribution in [3.05, 3.63) is 63.6 Å². The van der Waals surface area contributed by atoms with E-state index < -0.39 is 0 Å². The zero-order chi connectivity index (χ0) is 17.6. The van der Waals surface area contributed by atoms with Crippen LogP contribution in [0.2, 0.25) is 0 Å². The summed E-state index contributed by atoms with van der Waals surface area (Å²) in [6.45, 7) is 4.18. The highest BCUT2D eigenvalue weighted by molar-refractivity contribution is 7.12. The number of fused-ring (bicyclic) bond motifs is 1. The van der Waals surface area contributed by atoms with Crippen LogP contribution in [0.5, 0.6) is 5.75 Å². The molecule has 0 spiro atoms. The van der Waals surface area contributed by atoms with Crippen molar-refractivity contribution in [2.24, 2.45) is 5.41 Å². The first-order valence-electron chi connectivity index (χ1n) is 8.54. The summed E-state index contributed by atoms with van der Waals surface area (Å²) >= 11 is 1.45. The maximum atomic E-state index is 12.9. The molecular formula is C21H20O3S. The second kappa shape index (κ2) is 5.95. The van der Waals surface area contributed by atoms with E-state index in [9.17, 15) is 9.59 Å². The lowest BCUT2D eigenvalue weighted by Gasteiger charge is -2.38. The van der Waals surface area contributed by atoms with Gasteiger partial charge in [0.05, 0.1) is 4.88 Å². The lowest BCUT2D eigenvalue weighted by Crippen LogP contribution is -2.33. The van der Waals surface area contributed by atoms with Crippen LogP contribution in [-0.4, -0.2) is 11.6 Å². The van der Waals surface area contributed by atoms with Gasteiger partial charge in [0.1, 0.15) is 11.5 Å². The van der Waals surface area contributed by atoms with Gasteiger partial charge >= 0.3 is 0 Å². The number of allylic oxidation sites excluding steroid dienone is 2. The molecule has 0 N–H and O–H groups in total. The van der Waals surface area contributed by atoms with Gasteiger partial charge in [-0.15, -0.1) is 11.3 Å².